The Morgan fingerprint density at radius 1 is 1.29 bits per heavy atom. The number of aliphatic hydroxyl groups excluding tert-OH is 1. The summed E-state index contributed by atoms with van der Waals surface area (Å²) >= 11 is 0. The van der Waals surface area contributed by atoms with Gasteiger partial charge < -0.3 is 9.84 Å². The van der Waals surface area contributed by atoms with Crippen LogP contribution in [0.5, 0.6) is 0 Å². The summed E-state index contributed by atoms with van der Waals surface area (Å²) in [5, 5.41) is 10.2. The van der Waals surface area contributed by atoms with Crippen molar-refractivity contribution < 1.29 is 19.4 Å². The zero-order valence-electron chi connectivity index (χ0n) is 17.7. The normalized spacial score (nSPS) is 21.2. The van der Waals surface area contributed by atoms with Gasteiger partial charge in [-0.1, -0.05) is 69.9 Å². The molecule has 4 nitrogen and oxygen atoms in total. The number of allylic oxidation sites excluding steroid dienone is 3. The molecule has 0 bridgehead atoms. The van der Waals surface area contributed by atoms with E-state index in [-0.39, 0.29) is 17.8 Å². The van der Waals surface area contributed by atoms with Crippen molar-refractivity contribution in [3.63, 3.8) is 0 Å². The van der Waals surface area contributed by atoms with Crippen LogP contribution in [0.1, 0.15) is 77.6 Å². The Hall–Kier alpha value is -1.68. The highest BCUT2D eigenvalue weighted by Crippen LogP contribution is 2.34. The van der Waals surface area contributed by atoms with Crippen LogP contribution >= 0.6 is 0 Å². The molecule has 1 N–H and O–H groups in total. The van der Waals surface area contributed by atoms with Gasteiger partial charge >= 0.3 is 5.97 Å². The highest BCUT2D eigenvalue weighted by Gasteiger charge is 2.32. The molecule has 3 atom stereocenters. The molecule has 0 heterocycles. The Morgan fingerprint density at radius 2 is 2.04 bits per heavy atom. The van der Waals surface area contributed by atoms with Gasteiger partial charge in [0, 0.05) is 18.8 Å². The van der Waals surface area contributed by atoms with Crippen molar-refractivity contribution in [2.45, 2.75) is 83.7 Å². The van der Waals surface area contributed by atoms with Gasteiger partial charge in [-0.2, -0.15) is 0 Å². The highest BCUT2D eigenvalue weighted by atomic mass is 16.5. The number of carbonyl (C=O) groups excluding carboxylic acids is 2. The monoisotopic (exact) mass is 390 g/mol. The van der Waals surface area contributed by atoms with Crippen molar-refractivity contribution >= 4 is 11.8 Å². The first-order chi connectivity index (χ1) is 13.5. The van der Waals surface area contributed by atoms with Gasteiger partial charge in [0.25, 0.3) is 0 Å². The summed E-state index contributed by atoms with van der Waals surface area (Å²) in [6, 6.07) is 0. The van der Waals surface area contributed by atoms with Gasteiger partial charge in [0.2, 0.25) is 0 Å². The van der Waals surface area contributed by atoms with E-state index in [4.69, 9.17) is 0 Å². The first-order valence-corrected chi connectivity index (χ1v) is 10.8. The molecular formula is C24H38O4. The molecule has 0 aromatic rings. The van der Waals surface area contributed by atoms with Crippen LogP contribution < -0.4 is 0 Å². The minimum absolute atomic E-state index is 0.113. The van der Waals surface area contributed by atoms with Gasteiger partial charge in [0.05, 0.1) is 13.2 Å². The van der Waals surface area contributed by atoms with E-state index >= 15 is 0 Å². The number of hydrogen-bond acceptors (Lipinski definition) is 4. The Balaban J connectivity index is 2.45. The quantitative estimate of drug-likeness (QED) is 0.248. The van der Waals surface area contributed by atoms with Crippen LogP contribution in [0.2, 0.25) is 0 Å². The third kappa shape index (κ3) is 9.01. The molecular weight excluding hydrogens is 352 g/mol. The number of ketones is 1. The van der Waals surface area contributed by atoms with Gasteiger partial charge in [0.15, 0.2) is 0 Å². The van der Waals surface area contributed by atoms with Gasteiger partial charge in [-0.05, 0) is 37.2 Å². The number of esters is 1. The van der Waals surface area contributed by atoms with Crippen molar-refractivity contribution in [2.75, 3.05) is 7.11 Å². The van der Waals surface area contributed by atoms with Gasteiger partial charge in [-0.25, -0.2) is 0 Å². The minimum Gasteiger partial charge on any atom is -0.469 e. The number of carbonyl (C=O) groups is 2. The Kier molecular flexibility index (Phi) is 12.5. The maximum absolute atomic E-state index is 12.2. The van der Waals surface area contributed by atoms with E-state index in [0.717, 1.165) is 63.4 Å². The molecule has 0 radical (unpaired) electrons. The number of methoxy groups -OCH3 is 1. The van der Waals surface area contributed by atoms with E-state index in [2.05, 4.69) is 24.3 Å². The van der Waals surface area contributed by atoms with Gasteiger partial charge in [0.1, 0.15) is 5.78 Å². The van der Waals surface area contributed by atoms with E-state index in [1.165, 1.54) is 7.11 Å². The molecule has 0 amide bonds. The highest BCUT2D eigenvalue weighted by molar-refractivity contribution is 5.83. The first-order valence-electron chi connectivity index (χ1n) is 10.8. The van der Waals surface area contributed by atoms with Crippen LogP contribution in [0.25, 0.3) is 0 Å². The molecule has 1 fully saturated rings. The molecule has 1 saturated carbocycles. The van der Waals surface area contributed by atoms with Crippen LogP contribution in [-0.2, 0) is 14.3 Å². The smallest absolute Gasteiger partial charge is 0.305 e. The molecule has 0 aromatic heterocycles. The maximum Gasteiger partial charge on any atom is 0.305 e. The summed E-state index contributed by atoms with van der Waals surface area (Å²) in [4.78, 5) is 23.3. The van der Waals surface area contributed by atoms with Crippen molar-refractivity contribution in [2.24, 2.45) is 11.8 Å². The van der Waals surface area contributed by atoms with Crippen LogP contribution in [0, 0.1) is 11.8 Å². The van der Waals surface area contributed by atoms with Crippen molar-refractivity contribution in [3.8, 4) is 0 Å². The third-order valence-electron chi connectivity index (χ3n) is 5.63. The van der Waals surface area contributed by atoms with Gasteiger partial charge in [-0.15, -0.1) is 0 Å². The van der Waals surface area contributed by atoms with Crippen molar-refractivity contribution in [1.82, 2.24) is 0 Å². The van der Waals surface area contributed by atoms with E-state index in [1.54, 1.807) is 6.08 Å². The first kappa shape index (κ1) is 24.4. The Bertz CT molecular complexity index is 547. The standard InChI is InChI=1S/C24H38O4/c1-4-6-15-22(25)19(5-2)12-11-13-20-17-18-23(26)21(20)14-9-7-8-10-16-24(27)28-3/h5,11-13,20-22,25H,2,4,6-10,14-18H2,1,3H3/b13-11+,19-12+/t20-,21+,22?/m0/s1. The molecule has 158 valence electrons. The SMILES string of the molecule is C=C/C(=C\C=C\[C@H]1CCC(=O)[C@@H]1CCCCCCC(=O)OC)C(O)CCCC. The molecule has 0 saturated heterocycles. The zero-order chi connectivity index (χ0) is 20.8. The molecule has 1 unspecified atom stereocenters. The predicted octanol–water partition coefficient (Wildman–Crippen LogP) is 5.32. The maximum atomic E-state index is 12.2. The number of rotatable bonds is 14. The lowest BCUT2D eigenvalue weighted by atomic mass is 9.89. The van der Waals surface area contributed by atoms with Gasteiger partial charge in [-0.3, -0.25) is 9.59 Å². The molecule has 28 heavy (non-hydrogen) atoms. The molecule has 1 aliphatic carbocycles. The van der Waals surface area contributed by atoms with Crippen LogP contribution in [0.15, 0.2) is 36.5 Å². The number of ether oxygens (including phenoxy) is 1. The Labute approximate surface area is 170 Å². The number of Topliss-reactive ketones (excluding diaryl/α,β-unsaturated/α-hetero) is 1. The fraction of sp³-hybridized carbons (Fsp3) is 0.667. The van der Waals surface area contributed by atoms with Crippen LogP contribution in [0.3, 0.4) is 0 Å². The number of aliphatic hydroxyl groups is 1. The lowest BCUT2D eigenvalue weighted by Crippen LogP contribution is -2.13. The summed E-state index contributed by atoms with van der Waals surface area (Å²) in [5.41, 5.74) is 0.844. The topological polar surface area (TPSA) is 63.6 Å². The van der Waals surface area contributed by atoms with Crippen LogP contribution in [-0.4, -0.2) is 30.1 Å². The second-order valence-corrected chi connectivity index (χ2v) is 7.72. The molecule has 1 rings (SSSR count). The zero-order valence-corrected chi connectivity index (χ0v) is 17.7. The third-order valence-corrected chi connectivity index (χ3v) is 5.63. The average molecular weight is 391 g/mol. The average Bonchev–Trinajstić information content (AvgIpc) is 3.05. The summed E-state index contributed by atoms with van der Waals surface area (Å²) in [5.74, 6) is 0.628. The molecule has 4 heteroatoms. The summed E-state index contributed by atoms with van der Waals surface area (Å²) in [7, 11) is 1.42. The molecule has 0 aliphatic heterocycles. The summed E-state index contributed by atoms with van der Waals surface area (Å²) < 4.78 is 4.64. The van der Waals surface area contributed by atoms with E-state index in [0.29, 0.717) is 18.6 Å². The van der Waals surface area contributed by atoms with Crippen LogP contribution in [0.4, 0.5) is 0 Å². The summed E-state index contributed by atoms with van der Waals surface area (Å²) in [6.07, 6.45) is 17.0. The minimum atomic E-state index is -0.465. The molecule has 0 aromatic carbocycles. The fourth-order valence-electron chi connectivity index (χ4n) is 3.82. The lowest BCUT2D eigenvalue weighted by molar-refractivity contribution is -0.140. The van der Waals surface area contributed by atoms with E-state index in [1.807, 2.05) is 12.2 Å². The Morgan fingerprint density at radius 3 is 2.71 bits per heavy atom. The second kappa shape index (κ2) is 14.3. The fourth-order valence-corrected chi connectivity index (χ4v) is 3.82. The lowest BCUT2D eigenvalue weighted by Gasteiger charge is -2.15. The molecule has 1 aliphatic rings. The number of unbranched alkanes of at least 4 members (excludes halogenated alkanes) is 4. The molecule has 0 spiro atoms. The van der Waals surface area contributed by atoms with E-state index in [9.17, 15) is 14.7 Å². The number of hydrogen-bond donors (Lipinski definition) is 1. The largest absolute Gasteiger partial charge is 0.469 e. The van der Waals surface area contributed by atoms with Crippen molar-refractivity contribution in [1.29, 1.82) is 0 Å². The van der Waals surface area contributed by atoms with E-state index < -0.39 is 6.10 Å². The predicted molar refractivity (Wildman–Crippen MR) is 114 cm³/mol. The van der Waals surface area contributed by atoms with Crippen molar-refractivity contribution in [3.05, 3.63) is 36.5 Å². The summed E-state index contributed by atoms with van der Waals surface area (Å²) in [6.45, 7) is 5.92. The second-order valence-electron chi connectivity index (χ2n) is 7.72.